The van der Waals surface area contributed by atoms with Crippen molar-refractivity contribution in [3.05, 3.63) is 35.5 Å². The van der Waals surface area contributed by atoms with Gasteiger partial charge in [-0.3, -0.25) is 0 Å². The van der Waals surface area contributed by atoms with E-state index in [-0.39, 0.29) is 0 Å². The lowest BCUT2D eigenvalue weighted by atomic mass is 10.1. The van der Waals surface area contributed by atoms with E-state index in [0.29, 0.717) is 23.1 Å². The Morgan fingerprint density at radius 3 is 2.70 bits per heavy atom. The van der Waals surface area contributed by atoms with E-state index in [4.69, 9.17) is 10.00 Å². The maximum atomic E-state index is 9.06. The monoisotopic (exact) mass is 268 g/mol. The molecule has 0 aliphatic carbocycles. The van der Waals surface area contributed by atoms with E-state index in [1.807, 2.05) is 24.3 Å². The average molecular weight is 268 g/mol. The number of benzene rings is 1. The fraction of sp³-hybridized carbons (Fsp3) is 0.267. The van der Waals surface area contributed by atoms with E-state index in [1.54, 1.807) is 20.2 Å². The first-order valence-corrected chi connectivity index (χ1v) is 6.36. The molecule has 0 fully saturated rings. The summed E-state index contributed by atoms with van der Waals surface area (Å²) in [7, 11) is 3.37. The third-order valence-corrected chi connectivity index (χ3v) is 3.01. The Morgan fingerprint density at radius 1 is 1.30 bits per heavy atom. The minimum atomic E-state index is 0.323. The standard InChI is InChI=1S/C15H16N4O/c1-4-10-5-6-13(20-3)12(7-10)15-18-11(9-16)8-14(17-2)19-15/h5-8H,4H2,1-3H3,(H,17,18,19). The van der Waals surface area contributed by atoms with Gasteiger partial charge in [0.05, 0.1) is 12.7 Å². The Morgan fingerprint density at radius 2 is 2.10 bits per heavy atom. The third kappa shape index (κ3) is 2.69. The first-order chi connectivity index (χ1) is 9.71. The zero-order valence-electron chi connectivity index (χ0n) is 11.8. The second-order valence-corrected chi connectivity index (χ2v) is 4.21. The number of aromatic nitrogens is 2. The summed E-state index contributed by atoms with van der Waals surface area (Å²) in [6.07, 6.45) is 0.911. The van der Waals surface area contributed by atoms with Crippen LogP contribution < -0.4 is 10.1 Å². The molecule has 20 heavy (non-hydrogen) atoms. The SMILES string of the molecule is CCc1ccc(OC)c(-c2nc(C#N)cc(NC)n2)c1. The van der Waals surface area contributed by atoms with Crippen LogP contribution in [0.4, 0.5) is 5.82 Å². The van der Waals surface area contributed by atoms with Crippen molar-refractivity contribution in [1.82, 2.24) is 9.97 Å². The number of nitriles is 1. The van der Waals surface area contributed by atoms with Crippen molar-refractivity contribution in [1.29, 1.82) is 5.26 Å². The molecule has 2 rings (SSSR count). The summed E-state index contributed by atoms with van der Waals surface area (Å²) in [6.45, 7) is 2.08. The maximum absolute atomic E-state index is 9.06. The maximum Gasteiger partial charge on any atom is 0.166 e. The predicted molar refractivity (Wildman–Crippen MR) is 77.7 cm³/mol. The Balaban J connectivity index is 2.63. The molecular weight excluding hydrogens is 252 g/mol. The summed E-state index contributed by atoms with van der Waals surface area (Å²) >= 11 is 0. The first-order valence-electron chi connectivity index (χ1n) is 6.36. The number of nitrogens with zero attached hydrogens (tertiary/aromatic N) is 3. The normalized spacial score (nSPS) is 9.90. The molecule has 0 aliphatic rings. The van der Waals surface area contributed by atoms with Crippen LogP contribution in [0.1, 0.15) is 18.2 Å². The summed E-state index contributed by atoms with van der Waals surface area (Å²) < 4.78 is 5.36. The molecule has 0 atom stereocenters. The molecule has 1 heterocycles. The second-order valence-electron chi connectivity index (χ2n) is 4.21. The van der Waals surface area contributed by atoms with E-state index in [9.17, 15) is 0 Å². The van der Waals surface area contributed by atoms with Crippen molar-refractivity contribution in [3.63, 3.8) is 0 Å². The molecule has 0 saturated heterocycles. The van der Waals surface area contributed by atoms with Crippen molar-refractivity contribution in [3.8, 4) is 23.2 Å². The Hall–Kier alpha value is -2.61. The third-order valence-electron chi connectivity index (χ3n) is 3.01. The lowest BCUT2D eigenvalue weighted by Gasteiger charge is -2.10. The Labute approximate surface area is 118 Å². The number of ether oxygens (including phenoxy) is 1. The van der Waals surface area contributed by atoms with Gasteiger partial charge in [0.1, 0.15) is 23.3 Å². The molecular formula is C15H16N4O. The van der Waals surface area contributed by atoms with Gasteiger partial charge >= 0.3 is 0 Å². The highest BCUT2D eigenvalue weighted by atomic mass is 16.5. The first kappa shape index (κ1) is 13.8. The molecule has 0 unspecified atom stereocenters. The number of hydrogen-bond acceptors (Lipinski definition) is 5. The second kappa shape index (κ2) is 6.02. The number of rotatable bonds is 4. The van der Waals surface area contributed by atoms with Crippen molar-refractivity contribution in [2.24, 2.45) is 0 Å². The Kier molecular flexibility index (Phi) is 4.16. The van der Waals surface area contributed by atoms with Crippen LogP contribution in [-0.4, -0.2) is 24.1 Å². The summed E-state index contributed by atoms with van der Waals surface area (Å²) in [4.78, 5) is 8.66. The highest BCUT2D eigenvalue weighted by molar-refractivity contribution is 5.67. The molecule has 0 saturated carbocycles. The molecule has 0 amide bonds. The highest BCUT2D eigenvalue weighted by Crippen LogP contribution is 2.29. The molecule has 0 aliphatic heterocycles. The number of anilines is 1. The van der Waals surface area contributed by atoms with Crippen molar-refractivity contribution in [2.45, 2.75) is 13.3 Å². The molecule has 1 aromatic carbocycles. The van der Waals surface area contributed by atoms with E-state index in [2.05, 4.69) is 22.2 Å². The summed E-state index contributed by atoms with van der Waals surface area (Å²) in [5, 5.41) is 12.0. The van der Waals surface area contributed by atoms with Crippen molar-refractivity contribution >= 4 is 5.82 Å². The number of methoxy groups -OCH3 is 1. The van der Waals surface area contributed by atoms with E-state index >= 15 is 0 Å². The van der Waals surface area contributed by atoms with Gasteiger partial charge in [-0.1, -0.05) is 13.0 Å². The van der Waals surface area contributed by atoms with Crippen LogP contribution in [0.15, 0.2) is 24.3 Å². The van der Waals surface area contributed by atoms with Gasteiger partial charge in [0.2, 0.25) is 0 Å². The van der Waals surface area contributed by atoms with Crippen LogP contribution >= 0.6 is 0 Å². The van der Waals surface area contributed by atoms with Crippen LogP contribution in [-0.2, 0) is 6.42 Å². The lowest BCUT2D eigenvalue weighted by Crippen LogP contribution is -2.00. The minimum Gasteiger partial charge on any atom is -0.496 e. The van der Waals surface area contributed by atoms with Crippen molar-refractivity contribution in [2.75, 3.05) is 19.5 Å². The van der Waals surface area contributed by atoms with E-state index < -0.39 is 0 Å². The van der Waals surface area contributed by atoms with Crippen LogP contribution in [0.25, 0.3) is 11.4 Å². The molecule has 1 aromatic heterocycles. The van der Waals surface area contributed by atoms with Crippen molar-refractivity contribution < 1.29 is 4.74 Å². The molecule has 0 spiro atoms. The van der Waals surface area contributed by atoms with Gasteiger partial charge in [0.25, 0.3) is 0 Å². The average Bonchev–Trinajstić information content (AvgIpc) is 2.53. The van der Waals surface area contributed by atoms with Gasteiger partial charge in [-0.15, -0.1) is 0 Å². The van der Waals surface area contributed by atoms with E-state index in [1.165, 1.54) is 0 Å². The topological polar surface area (TPSA) is 70.8 Å². The predicted octanol–water partition coefficient (Wildman–Crippen LogP) is 2.63. The molecule has 0 radical (unpaired) electrons. The highest BCUT2D eigenvalue weighted by Gasteiger charge is 2.12. The summed E-state index contributed by atoms with van der Waals surface area (Å²) in [6, 6.07) is 9.56. The number of hydrogen-bond donors (Lipinski definition) is 1. The lowest BCUT2D eigenvalue weighted by molar-refractivity contribution is 0.416. The molecule has 2 aromatic rings. The fourth-order valence-corrected chi connectivity index (χ4v) is 1.90. The smallest absolute Gasteiger partial charge is 0.166 e. The van der Waals surface area contributed by atoms with Gasteiger partial charge in [-0.2, -0.15) is 5.26 Å². The van der Waals surface area contributed by atoms with Gasteiger partial charge < -0.3 is 10.1 Å². The Bertz CT molecular complexity index is 661. The van der Waals surface area contributed by atoms with Gasteiger partial charge in [0, 0.05) is 13.1 Å². The number of aryl methyl sites for hydroxylation is 1. The molecule has 102 valence electrons. The molecule has 5 heteroatoms. The van der Waals surface area contributed by atoms with Gasteiger partial charge in [-0.25, -0.2) is 9.97 Å². The van der Waals surface area contributed by atoms with Crippen LogP contribution in [0.2, 0.25) is 0 Å². The van der Waals surface area contributed by atoms with Gasteiger partial charge in [-0.05, 0) is 24.1 Å². The molecule has 5 nitrogen and oxygen atoms in total. The van der Waals surface area contributed by atoms with Crippen LogP contribution in [0.5, 0.6) is 5.75 Å². The summed E-state index contributed by atoms with van der Waals surface area (Å²) in [5.74, 6) is 1.79. The zero-order valence-corrected chi connectivity index (χ0v) is 11.8. The molecule has 0 bridgehead atoms. The van der Waals surface area contributed by atoms with Crippen LogP contribution in [0.3, 0.4) is 0 Å². The minimum absolute atomic E-state index is 0.323. The fourth-order valence-electron chi connectivity index (χ4n) is 1.90. The van der Waals surface area contributed by atoms with E-state index in [0.717, 1.165) is 17.5 Å². The van der Waals surface area contributed by atoms with Gasteiger partial charge in [0.15, 0.2) is 5.82 Å². The van der Waals surface area contributed by atoms with Crippen LogP contribution in [0, 0.1) is 11.3 Å². The zero-order chi connectivity index (χ0) is 14.5. The largest absolute Gasteiger partial charge is 0.496 e. The molecule has 1 N–H and O–H groups in total. The quantitative estimate of drug-likeness (QED) is 0.923. The summed E-state index contributed by atoms with van der Waals surface area (Å²) in [5.41, 5.74) is 2.28. The number of nitrogens with one attached hydrogen (secondary N) is 1.